The molecule has 2 N–H and O–H groups in total. The van der Waals surface area contributed by atoms with Crippen LogP contribution in [-0.2, 0) is 12.8 Å². The Bertz CT molecular complexity index is 922. The highest BCUT2D eigenvalue weighted by molar-refractivity contribution is 5.95. The van der Waals surface area contributed by atoms with E-state index in [1.165, 1.54) is 35.3 Å². The molecule has 0 spiro atoms. The average Bonchev–Trinajstić information content (AvgIpc) is 3.08. The van der Waals surface area contributed by atoms with E-state index in [4.69, 9.17) is 10.5 Å². The number of hydrogen-bond acceptors (Lipinski definition) is 5. The van der Waals surface area contributed by atoms with Crippen molar-refractivity contribution < 1.29 is 22.7 Å². The lowest BCUT2D eigenvalue weighted by Crippen LogP contribution is -2.16. The van der Waals surface area contributed by atoms with E-state index in [-0.39, 0.29) is 23.7 Å². The van der Waals surface area contributed by atoms with Crippen molar-refractivity contribution in [2.75, 3.05) is 0 Å². The SMILES string of the molecule is NC(=O)c1cccnc1-n1cc(COc2ccc(C(F)(F)F)cc2)nn1. The highest BCUT2D eigenvalue weighted by Gasteiger charge is 2.30. The number of aromatic nitrogens is 4. The summed E-state index contributed by atoms with van der Waals surface area (Å²) >= 11 is 0. The van der Waals surface area contributed by atoms with Gasteiger partial charge in [-0.1, -0.05) is 5.21 Å². The van der Waals surface area contributed by atoms with Crippen molar-refractivity contribution in [1.82, 2.24) is 20.0 Å². The summed E-state index contributed by atoms with van der Waals surface area (Å²) in [4.78, 5) is 15.5. The van der Waals surface area contributed by atoms with Crippen molar-refractivity contribution in [3.63, 3.8) is 0 Å². The molecule has 0 bridgehead atoms. The molecule has 3 aromatic rings. The van der Waals surface area contributed by atoms with Crippen LogP contribution in [-0.4, -0.2) is 25.9 Å². The number of ether oxygens (including phenoxy) is 1. The standard InChI is InChI=1S/C16H12F3N5O2/c17-16(18,19)10-3-5-12(6-4-10)26-9-11-8-24(23-22-11)15-13(14(20)25)2-1-7-21-15/h1-8H,9H2,(H2,20,25). The molecule has 3 rings (SSSR count). The Morgan fingerprint density at radius 2 is 1.92 bits per heavy atom. The van der Waals surface area contributed by atoms with Gasteiger partial charge in [-0.2, -0.15) is 13.2 Å². The van der Waals surface area contributed by atoms with E-state index in [1.54, 1.807) is 6.07 Å². The van der Waals surface area contributed by atoms with Crippen molar-refractivity contribution in [3.8, 4) is 11.6 Å². The number of alkyl halides is 3. The van der Waals surface area contributed by atoms with Crippen LogP contribution >= 0.6 is 0 Å². The van der Waals surface area contributed by atoms with Crippen LogP contribution in [0.2, 0.25) is 0 Å². The highest BCUT2D eigenvalue weighted by Crippen LogP contribution is 2.30. The topological polar surface area (TPSA) is 95.9 Å². The molecule has 0 aliphatic heterocycles. The molecule has 2 heterocycles. The minimum Gasteiger partial charge on any atom is -0.487 e. The first-order valence-electron chi connectivity index (χ1n) is 7.31. The van der Waals surface area contributed by atoms with E-state index in [1.807, 2.05) is 0 Å². The van der Waals surface area contributed by atoms with Gasteiger partial charge in [-0.15, -0.1) is 5.10 Å². The largest absolute Gasteiger partial charge is 0.487 e. The van der Waals surface area contributed by atoms with Gasteiger partial charge in [0.25, 0.3) is 5.91 Å². The van der Waals surface area contributed by atoms with E-state index in [0.717, 1.165) is 12.1 Å². The number of halogens is 3. The number of nitrogens with zero attached hydrogens (tertiary/aromatic N) is 4. The van der Waals surface area contributed by atoms with Crippen LogP contribution in [0.5, 0.6) is 5.75 Å². The van der Waals surface area contributed by atoms with Gasteiger partial charge in [-0.05, 0) is 36.4 Å². The van der Waals surface area contributed by atoms with Crippen LogP contribution in [0.25, 0.3) is 5.82 Å². The fourth-order valence-corrected chi connectivity index (χ4v) is 2.14. The Kier molecular flexibility index (Phi) is 4.57. The van der Waals surface area contributed by atoms with E-state index < -0.39 is 17.6 Å². The maximum absolute atomic E-state index is 12.5. The third-order valence-corrected chi connectivity index (χ3v) is 3.38. The lowest BCUT2D eigenvalue weighted by molar-refractivity contribution is -0.137. The molecule has 7 nitrogen and oxygen atoms in total. The summed E-state index contributed by atoms with van der Waals surface area (Å²) in [6.07, 6.45) is -1.44. The van der Waals surface area contributed by atoms with Gasteiger partial charge in [0.2, 0.25) is 0 Å². The number of rotatable bonds is 5. The van der Waals surface area contributed by atoms with Crippen molar-refractivity contribution in [1.29, 1.82) is 0 Å². The highest BCUT2D eigenvalue weighted by atomic mass is 19.4. The Balaban J connectivity index is 1.71. The van der Waals surface area contributed by atoms with Gasteiger partial charge < -0.3 is 10.5 Å². The number of primary amides is 1. The summed E-state index contributed by atoms with van der Waals surface area (Å²) in [6.45, 7) is -0.0237. The maximum atomic E-state index is 12.5. The van der Waals surface area contributed by atoms with Gasteiger partial charge in [-0.25, -0.2) is 9.67 Å². The van der Waals surface area contributed by atoms with Crippen molar-refractivity contribution in [2.24, 2.45) is 5.73 Å². The summed E-state index contributed by atoms with van der Waals surface area (Å²) < 4.78 is 44.2. The molecule has 0 aliphatic carbocycles. The summed E-state index contributed by atoms with van der Waals surface area (Å²) in [6, 6.07) is 7.37. The molecule has 1 aromatic carbocycles. The van der Waals surface area contributed by atoms with Gasteiger partial charge in [0, 0.05) is 6.20 Å². The first-order chi connectivity index (χ1) is 12.3. The van der Waals surface area contributed by atoms with Crippen LogP contribution in [0.4, 0.5) is 13.2 Å². The Morgan fingerprint density at radius 3 is 2.58 bits per heavy atom. The number of nitrogens with two attached hydrogens (primary N) is 1. The van der Waals surface area contributed by atoms with E-state index >= 15 is 0 Å². The number of benzene rings is 1. The number of hydrogen-bond donors (Lipinski definition) is 1. The summed E-state index contributed by atoms with van der Waals surface area (Å²) in [7, 11) is 0. The molecule has 0 saturated heterocycles. The Hall–Kier alpha value is -3.43. The van der Waals surface area contributed by atoms with Crippen LogP contribution in [0.15, 0.2) is 48.8 Å². The van der Waals surface area contributed by atoms with E-state index in [2.05, 4.69) is 15.3 Å². The zero-order valence-electron chi connectivity index (χ0n) is 13.1. The molecular formula is C16H12F3N5O2. The van der Waals surface area contributed by atoms with Gasteiger partial charge >= 0.3 is 6.18 Å². The molecule has 10 heteroatoms. The summed E-state index contributed by atoms with van der Waals surface area (Å²) in [5, 5.41) is 7.74. The smallest absolute Gasteiger partial charge is 0.416 e. The third-order valence-electron chi connectivity index (χ3n) is 3.38. The number of carbonyl (C=O) groups is 1. The predicted molar refractivity (Wildman–Crippen MR) is 83.4 cm³/mol. The van der Waals surface area contributed by atoms with Crippen LogP contribution in [0.1, 0.15) is 21.6 Å². The molecule has 0 aliphatic rings. The Labute approximate surface area is 145 Å². The zero-order chi connectivity index (χ0) is 18.7. The van der Waals surface area contributed by atoms with Crippen LogP contribution in [0, 0.1) is 0 Å². The molecule has 26 heavy (non-hydrogen) atoms. The van der Waals surface area contributed by atoms with Gasteiger partial charge in [-0.3, -0.25) is 4.79 Å². The minimum atomic E-state index is -4.40. The average molecular weight is 363 g/mol. The third kappa shape index (κ3) is 3.79. The molecule has 0 fully saturated rings. The summed E-state index contributed by atoms with van der Waals surface area (Å²) in [5.41, 5.74) is 5.10. The van der Waals surface area contributed by atoms with Crippen molar-refractivity contribution in [3.05, 3.63) is 65.6 Å². The van der Waals surface area contributed by atoms with E-state index in [0.29, 0.717) is 5.69 Å². The summed E-state index contributed by atoms with van der Waals surface area (Å²) in [5.74, 6) is -0.192. The lowest BCUT2D eigenvalue weighted by atomic mass is 10.2. The molecule has 134 valence electrons. The molecule has 2 aromatic heterocycles. The first kappa shape index (κ1) is 17.4. The predicted octanol–water partition coefficient (Wildman–Crippen LogP) is 2.36. The molecule has 0 radical (unpaired) electrons. The first-order valence-corrected chi connectivity index (χ1v) is 7.31. The fraction of sp³-hybridized carbons (Fsp3) is 0.125. The quantitative estimate of drug-likeness (QED) is 0.751. The van der Waals surface area contributed by atoms with Gasteiger partial charge in [0.05, 0.1) is 17.3 Å². The maximum Gasteiger partial charge on any atom is 0.416 e. The van der Waals surface area contributed by atoms with Crippen molar-refractivity contribution >= 4 is 5.91 Å². The number of pyridine rings is 1. The molecular weight excluding hydrogens is 351 g/mol. The fourth-order valence-electron chi connectivity index (χ4n) is 2.14. The Morgan fingerprint density at radius 1 is 1.19 bits per heavy atom. The second-order valence-corrected chi connectivity index (χ2v) is 5.20. The molecule has 0 unspecified atom stereocenters. The normalized spacial score (nSPS) is 11.3. The minimum absolute atomic E-state index is 0.0237. The molecule has 0 saturated carbocycles. The monoisotopic (exact) mass is 363 g/mol. The second kappa shape index (κ2) is 6.82. The second-order valence-electron chi connectivity index (χ2n) is 5.20. The van der Waals surface area contributed by atoms with Crippen LogP contribution in [0.3, 0.4) is 0 Å². The molecule has 1 amide bonds. The van der Waals surface area contributed by atoms with E-state index in [9.17, 15) is 18.0 Å². The van der Waals surface area contributed by atoms with Gasteiger partial charge in [0.1, 0.15) is 18.1 Å². The van der Waals surface area contributed by atoms with Crippen LogP contribution < -0.4 is 10.5 Å². The number of amides is 1. The molecule has 0 atom stereocenters. The number of carbonyl (C=O) groups excluding carboxylic acids is 1. The zero-order valence-corrected chi connectivity index (χ0v) is 13.1. The lowest BCUT2D eigenvalue weighted by Gasteiger charge is -2.08. The van der Waals surface area contributed by atoms with Gasteiger partial charge in [0.15, 0.2) is 5.82 Å². The van der Waals surface area contributed by atoms with Crippen molar-refractivity contribution in [2.45, 2.75) is 12.8 Å².